The lowest BCUT2D eigenvalue weighted by Crippen LogP contribution is -2.24. The summed E-state index contributed by atoms with van der Waals surface area (Å²) in [4.78, 5) is 16.4. The molecule has 1 aromatic carbocycles. The average molecular weight is 387 g/mol. The van der Waals surface area contributed by atoms with Crippen LogP contribution in [-0.2, 0) is 6.61 Å². The van der Waals surface area contributed by atoms with Crippen LogP contribution in [0.25, 0.3) is 17.1 Å². The minimum absolute atomic E-state index is 0.0459. The summed E-state index contributed by atoms with van der Waals surface area (Å²) >= 11 is 0. The van der Waals surface area contributed by atoms with Crippen molar-refractivity contribution in [1.82, 2.24) is 24.5 Å². The van der Waals surface area contributed by atoms with Crippen LogP contribution in [0.15, 0.2) is 77.7 Å². The minimum atomic E-state index is -0.138. The summed E-state index contributed by atoms with van der Waals surface area (Å²) in [6.07, 6.45) is 1.73. The van der Waals surface area contributed by atoms with Crippen molar-refractivity contribution in [2.75, 3.05) is 0 Å². The van der Waals surface area contributed by atoms with Crippen molar-refractivity contribution in [3.63, 3.8) is 0 Å². The highest BCUT2D eigenvalue weighted by Gasteiger charge is 2.16. The Bertz CT molecular complexity index is 1150. The second-order valence-corrected chi connectivity index (χ2v) is 6.82. The molecule has 0 aliphatic rings. The number of hydrogen-bond donors (Lipinski definition) is 0. The molecule has 0 amide bonds. The maximum atomic E-state index is 12.1. The van der Waals surface area contributed by atoms with Gasteiger partial charge >= 0.3 is 0 Å². The zero-order valence-electron chi connectivity index (χ0n) is 16.3. The van der Waals surface area contributed by atoms with Crippen LogP contribution in [0.2, 0.25) is 0 Å². The van der Waals surface area contributed by atoms with Gasteiger partial charge in [-0.15, -0.1) is 5.10 Å². The summed E-state index contributed by atoms with van der Waals surface area (Å²) in [5.74, 6) is 0.457. The first-order valence-corrected chi connectivity index (χ1v) is 9.40. The van der Waals surface area contributed by atoms with Crippen LogP contribution >= 0.6 is 0 Å². The highest BCUT2D eigenvalue weighted by Crippen LogP contribution is 2.26. The van der Waals surface area contributed by atoms with Crippen LogP contribution in [0.3, 0.4) is 0 Å². The van der Waals surface area contributed by atoms with E-state index in [1.807, 2.05) is 68.4 Å². The fourth-order valence-corrected chi connectivity index (χ4v) is 2.94. The van der Waals surface area contributed by atoms with Gasteiger partial charge in [0.15, 0.2) is 0 Å². The molecule has 0 aliphatic carbocycles. The van der Waals surface area contributed by atoms with Gasteiger partial charge in [-0.3, -0.25) is 9.78 Å². The number of aromatic nitrogens is 5. The van der Waals surface area contributed by atoms with Crippen LogP contribution in [0.5, 0.6) is 5.88 Å². The molecule has 4 rings (SSSR count). The molecule has 7 nitrogen and oxygen atoms in total. The lowest BCUT2D eigenvalue weighted by atomic mass is 10.2. The van der Waals surface area contributed by atoms with E-state index in [1.54, 1.807) is 16.9 Å². The van der Waals surface area contributed by atoms with Gasteiger partial charge in [0, 0.05) is 18.3 Å². The van der Waals surface area contributed by atoms with E-state index in [4.69, 9.17) is 4.74 Å². The van der Waals surface area contributed by atoms with Crippen LogP contribution in [0.4, 0.5) is 0 Å². The Balaban J connectivity index is 1.75. The van der Waals surface area contributed by atoms with Gasteiger partial charge in [0.05, 0.1) is 23.1 Å². The molecular weight excluding hydrogens is 366 g/mol. The van der Waals surface area contributed by atoms with Gasteiger partial charge in [-0.05, 0) is 44.2 Å². The van der Waals surface area contributed by atoms with Gasteiger partial charge in [-0.2, -0.15) is 5.10 Å². The van der Waals surface area contributed by atoms with Gasteiger partial charge in [-0.25, -0.2) is 9.36 Å². The molecule has 4 aromatic rings. The van der Waals surface area contributed by atoms with Crippen molar-refractivity contribution in [3.05, 3.63) is 89.0 Å². The first kappa shape index (κ1) is 18.6. The van der Waals surface area contributed by atoms with Crippen molar-refractivity contribution in [3.8, 4) is 23.0 Å². The standard InChI is InChI=1S/C22H21N5O2/c1-16(2)26-22(28)12-11-19(24-26)20-14-21(29-15-17-8-6-7-13-23-17)25-27(20)18-9-4-3-5-10-18/h3-14,16H,15H2,1-2H3. The third-order valence-electron chi connectivity index (χ3n) is 4.36. The molecule has 7 heteroatoms. The third kappa shape index (κ3) is 4.08. The summed E-state index contributed by atoms with van der Waals surface area (Å²) in [6.45, 7) is 4.16. The number of para-hydroxylation sites is 1. The average Bonchev–Trinajstić information content (AvgIpc) is 3.18. The Labute approximate surface area is 168 Å². The Kier molecular flexibility index (Phi) is 5.20. The van der Waals surface area contributed by atoms with Gasteiger partial charge in [0.2, 0.25) is 5.88 Å². The second kappa shape index (κ2) is 8.10. The fourth-order valence-electron chi connectivity index (χ4n) is 2.94. The number of ether oxygens (including phenoxy) is 1. The molecule has 29 heavy (non-hydrogen) atoms. The van der Waals surface area contributed by atoms with Crippen molar-refractivity contribution >= 4 is 0 Å². The number of nitrogens with zero attached hydrogens (tertiary/aromatic N) is 5. The summed E-state index contributed by atoms with van der Waals surface area (Å²) in [5.41, 5.74) is 2.93. The topological polar surface area (TPSA) is 74.8 Å². The summed E-state index contributed by atoms with van der Waals surface area (Å²) in [6, 6.07) is 20.4. The van der Waals surface area contributed by atoms with Gasteiger partial charge in [0.25, 0.3) is 5.56 Å². The van der Waals surface area contributed by atoms with Crippen molar-refractivity contribution in [1.29, 1.82) is 0 Å². The molecule has 0 N–H and O–H groups in total. The van der Waals surface area contributed by atoms with E-state index in [2.05, 4.69) is 15.2 Å². The predicted octanol–water partition coefficient (Wildman–Crippen LogP) is 3.65. The maximum absolute atomic E-state index is 12.1. The summed E-state index contributed by atoms with van der Waals surface area (Å²) in [5, 5.41) is 9.14. The Morgan fingerprint density at radius 3 is 2.48 bits per heavy atom. The molecule has 3 heterocycles. The summed E-state index contributed by atoms with van der Waals surface area (Å²) < 4.78 is 9.10. The molecule has 0 atom stereocenters. The molecule has 3 aromatic heterocycles. The zero-order valence-corrected chi connectivity index (χ0v) is 16.3. The molecule has 0 fully saturated rings. The van der Waals surface area contributed by atoms with E-state index < -0.39 is 0 Å². The second-order valence-electron chi connectivity index (χ2n) is 6.82. The fraction of sp³-hybridized carbons (Fsp3) is 0.182. The largest absolute Gasteiger partial charge is 0.470 e. The lowest BCUT2D eigenvalue weighted by molar-refractivity contribution is 0.287. The van der Waals surface area contributed by atoms with E-state index in [1.165, 1.54) is 10.7 Å². The maximum Gasteiger partial charge on any atom is 0.267 e. The van der Waals surface area contributed by atoms with Crippen LogP contribution < -0.4 is 10.3 Å². The molecule has 0 spiro atoms. The highest BCUT2D eigenvalue weighted by atomic mass is 16.5. The van der Waals surface area contributed by atoms with Gasteiger partial charge in [-0.1, -0.05) is 24.3 Å². The van der Waals surface area contributed by atoms with Crippen LogP contribution in [0.1, 0.15) is 25.6 Å². The number of benzene rings is 1. The van der Waals surface area contributed by atoms with Crippen LogP contribution in [-0.4, -0.2) is 24.5 Å². The molecule has 0 saturated heterocycles. The monoisotopic (exact) mass is 387 g/mol. The molecule has 0 unspecified atom stereocenters. The van der Waals surface area contributed by atoms with E-state index in [9.17, 15) is 4.79 Å². The minimum Gasteiger partial charge on any atom is -0.470 e. The number of pyridine rings is 1. The Hall–Kier alpha value is -3.74. The zero-order chi connectivity index (χ0) is 20.2. The van der Waals surface area contributed by atoms with E-state index in [0.29, 0.717) is 18.2 Å². The number of hydrogen-bond acceptors (Lipinski definition) is 5. The highest BCUT2D eigenvalue weighted by molar-refractivity contribution is 5.59. The first-order valence-electron chi connectivity index (χ1n) is 9.40. The molecule has 0 aliphatic heterocycles. The van der Waals surface area contributed by atoms with Crippen molar-refractivity contribution in [2.45, 2.75) is 26.5 Å². The first-order chi connectivity index (χ1) is 14.1. The van der Waals surface area contributed by atoms with Gasteiger partial charge in [0.1, 0.15) is 12.3 Å². The Morgan fingerprint density at radius 2 is 1.76 bits per heavy atom. The molecule has 0 bridgehead atoms. The third-order valence-corrected chi connectivity index (χ3v) is 4.36. The molecule has 0 radical (unpaired) electrons. The quantitative estimate of drug-likeness (QED) is 0.505. The van der Waals surface area contributed by atoms with E-state index in [0.717, 1.165) is 17.1 Å². The Morgan fingerprint density at radius 1 is 0.966 bits per heavy atom. The molecule has 0 saturated carbocycles. The van der Waals surface area contributed by atoms with Crippen molar-refractivity contribution < 1.29 is 4.74 Å². The predicted molar refractivity (Wildman–Crippen MR) is 110 cm³/mol. The van der Waals surface area contributed by atoms with E-state index >= 15 is 0 Å². The smallest absolute Gasteiger partial charge is 0.267 e. The lowest BCUT2D eigenvalue weighted by Gasteiger charge is -2.11. The van der Waals surface area contributed by atoms with Gasteiger partial charge < -0.3 is 4.74 Å². The molecule has 146 valence electrons. The summed E-state index contributed by atoms with van der Waals surface area (Å²) in [7, 11) is 0. The van der Waals surface area contributed by atoms with Crippen molar-refractivity contribution in [2.24, 2.45) is 0 Å². The molecular formula is C22H21N5O2. The number of rotatable bonds is 6. The SMILES string of the molecule is CC(C)n1nc(-c2cc(OCc3ccccn3)nn2-c2ccccc2)ccc1=O. The van der Waals surface area contributed by atoms with E-state index in [-0.39, 0.29) is 11.6 Å². The normalized spacial score (nSPS) is 11.0. The van der Waals surface area contributed by atoms with Crippen LogP contribution in [0, 0.1) is 0 Å².